The lowest BCUT2D eigenvalue weighted by Crippen LogP contribution is -2.15. The molecule has 7 heteroatoms. The van der Waals surface area contributed by atoms with Gasteiger partial charge in [-0.15, -0.1) is 5.10 Å². The third-order valence-electron chi connectivity index (χ3n) is 4.86. The van der Waals surface area contributed by atoms with Crippen molar-refractivity contribution in [2.24, 2.45) is 0 Å². The second-order valence-corrected chi connectivity index (χ2v) is 7.53. The molecule has 0 saturated heterocycles. The maximum atomic E-state index is 13.0. The highest BCUT2D eigenvalue weighted by Crippen LogP contribution is 2.27. The SMILES string of the molecule is COc1ccc(-n2nc(C(=O)Nc3c(C)cccc3Cl)nc2-c2cccc(C)c2)cc1. The molecule has 1 heterocycles. The van der Waals surface area contributed by atoms with Crippen LogP contribution in [0.25, 0.3) is 17.1 Å². The van der Waals surface area contributed by atoms with Crippen LogP contribution in [0, 0.1) is 13.8 Å². The standard InChI is InChI=1S/C24H21ClN4O2/c1-15-6-4-8-17(14-15)23-27-22(24(30)26-21-16(2)7-5-9-20(21)25)28-29(23)18-10-12-19(31-3)13-11-18/h4-14H,1-3H3,(H,26,30). The van der Waals surface area contributed by atoms with E-state index in [4.69, 9.17) is 16.3 Å². The number of ether oxygens (including phenoxy) is 1. The van der Waals surface area contributed by atoms with Gasteiger partial charge in [0.05, 0.1) is 23.5 Å². The molecule has 6 nitrogen and oxygen atoms in total. The summed E-state index contributed by atoms with van der Waals surface area (Å²) in [5.74, 6) is 0.909. The van der Waals surface area contributed by atoms with E-state index in [-0.39, 0.29) is 5.82 Å². The molecule has 31 heavy (non-hydrogen) atoms. The number of benzene rings is 3. The molecule has 3 aromatic carbocycles. The molecule has 1 aromatic heterocycles. The summed E-state index contributed by atoms with van der Waals surface area (Å²) < 4.78 is 6.90. The fourth-order valence-corrected chi connectivity index (χ4v) is 3.51. The molecule has 0 aliphatic carbocycles. The number of aryl methyl sites for hydroxylation is 2. The van der Waals surface area contributed by atoms with Crippen molar-refractivity contribution < 1.29 is 9.53 Å². The summed E-state index contributed by atoms with van der Waals surface area (Å²) >= 11 is 6.26. The summed E-state index contributed by atoms with van der Waals surface area (Å²) in [6, 6.07) is 20.7. The minimum atomic E-state index is -0.433. The highest BCUT2D eigenvalue weighted by atomic mass is 35.5. The van der Waals surface area contributed by atoms with Crippen LogP contribution in [0.3, 0.4) is 0 Å². The van der Waals surface area contributed by atoms with Crippen LogP contribution in [0.1, 0.15) is 21.7 Å². The molecule has 0 atom stereocenters. The van der Waals surface area contributed by atoms with Crippen molar-refractivity contribution >= 4 is 23.2 Å². The quantitative estimate of drug-likeness (QED) is 0.454. The molecule has 0 bridgehead atoms. The van der Waals surface area contributed by atoms with Gasteiger partial charge in [0.1, 0.15) is 5.75 Å². The molecule has 0 aliphatic heterocycles. The van der Waals surface area contributed by atoms with E-state index in [0.29, 0.717) is 16.5 Å². The van der Waals surface area contributed by atoms with Crippen molar-refractivity contribution in [3.05, 3.63) is 88.7 Å². The summed E-state index contributed by atoms with van der Waals surface area (Å²) in [5.41, 5.74) is 4.11. The zero-order valence-corrected chi connectivity index (χ0v) is 18.1. The van der Waals surface area contributed by atoms with Crippen LogP contribution >= 0.6 is 11.6 Å². The normalized spacial score (nSPS) is 10.7. The molecule has 4 aromatic rings. The number of halogens is 1. The van der Waals surface area contributed by atoms with Crippen molar-refractivity contribution in [3.63, 3.8) is 0 Å². The number of hydrogen-bond donors (Lipinski definition) is 1. The average molecular weight is 433 g/mol. The van der Waals surface area contributed by atoms with Crippen LogP contribution in [0.4, 0.5) is 5.69 Å². The molecular weight excluding hydrogens is 412 g/mol. The lowest BCUT2D eigenvalue weighted by molar-refractivity contribution is 0.101. The van der Waals surface area contributed by atoms with Crippen molar-refractivity contribution in [1.82, 2.24) is 14.8 Å². The number of aromatic nitrogens is 3. The smallest absolute Gasteiger partial charge is 0.295 e. The summed E-state index contributed by atoms with van der Waals surface area (Å²) in [6.45, 7) is 3.88. The minimum Gasteiger partial charge on any atom is -0.497 e. The average Bonchev–Trinajstić information content (AvgIpc) is 3.22. The van der Waals surface area contributed by atoms with Gasteiger partial charge in [0.15, 0.2) is 5.82 Å². The number of carbonyl (C=O) groups excluding carboxylic acids is 1. The molecule has 0 aliphatic rings. The molecular formula is C24H21ClN4O2. The van der Waals surface area contributed by atoms with Crippen molar-refractivity contribution in [2.75, 3.05) is 12.4 Å². The van der Waals surface area contributed by atoms with Crippen molar-refractivity contribution in [1.29, 1.82) is 0 Å². The third kappa shape index (κ3) is 4.29. The minimum absolute atomic E-state index is 0.0478. The van der Waals surface area contributed by atoms with Gasteiger partial charge in [-0.2, -0.15) is 0 Å². The van der Waals surface area contributed by atoms with Gasteiger partial charge < -0.3 is 10.1 Å². The first-order valence-corrected chi connectivity index (χ1v) is 10.1. The van der Waals surface area contributed by atoms with Gasteiger partial charge in [-0.3, -0.25) is 4.79 Å². The van der Waals surface area contributed by atoms with E-state index in [1.165, 1.54) is 0 Å². The van der Waals surface area contributed by atoms with Crippen LogP contribution in [-0.2, 0) is 0 Å². The van der Waals surface area contributed by atoms with E-state index in [1.54, 1.807) is 17.9 Å². The zero-order valence-electron chi connectivity index (χ0n) is 17.4. The lowest BCUT2D eigenvalue weighted by atomic mass is 10.1. The van der Waals surface area contributed by atoms with Crippen molar-refractivity contribution in [2.45, 2.75) is 13.8 Å². The number of carbonyl (C=O) groups is 1. The molecule has 0 radical (unpaired) electrons. The van der Waals surface area contributed by atoms with Crippen LogP contribution in [-0.4, -0.2) is 27.8 Å². The Labute approximate surface area is 185 Å². The Bertz CT molecular complexity index is 1230. The monoisotopic (exact) mass is 432 g/mol. The number of rotatable bonds is 5. The predicted molar refractivity (Wildman–Crippen MR) is 122 cm³/mol. The Morgan fingerprint density at radius 2 is 1.77 bits per heavy atom. The highest BCUT2D eigenvalue weighted by Gasteiger charge is 2.20. The maximum absolute atomic E-state index is 13.0. The first-order valence-electron chi connectivity index (χ1n) is 9.71. The fraction of sp³-hybridized carbons (Fsp3) is 0.125. The van der Waals surface area contributed by atoms with Gasteiger partial charge in [-0.1, -0.05) is 47.5 Å². The van der Waals surface area contributed by atoms with E-state index in [0.717, 1.165) is 28.1 Å². The van der Waals surface area contributed by atoms with E-state index >= 15 is 0 Å². The van der Waals surface area contributed by atoms with Crippen LogP contribution in [0.15, 0.2) is 66.7 Å². The molecule has 0 unspecified atom stereocenters. The molecule has 0 spiro atoms. The van der Waals surface area contributed by atoms with Gasteiger partial charge in [0.25, 0.3) is 5.91 Å². The van der Waals surface area contributed by atoms with E-state index in [9.17, 15) is 4.79 Å². The summed E-state index contributed by atoms with van der Waals surface area (Å²) in [5, 5.41) is 7.81. The van der Waals surface area contributed by atoms with Gasteiger partial charge in [-0.05, 0) is 55.8 Å². The van der Waals surface area contributed by atoms with Crippen LogP contribution in [0.5, 0.6) is 5.75 Å². The zero-order chi connectivity index (χ0) is 22.0. The molecule has 1 N–H and O–H groups in total. The number of nitrogens with one attached hydrogen (secondary N) is 1. The van der Waals surface area contributed by atoms with E-state index in [2.05, 4.69) is 15.4 Å². The van der Waals surface area contributed by atoms with Crippen LogP contribution in [0.2, 0.25) is 5.02 Å². The Balaban J connectivity index is 1.78. The Kier molecular flexibility index (Phi) is 5.73. The first kappa shape index (κ1) is 20.6. The van der Waals surface area contributed by atoms with E-state index in [1.807, 2.05) is 74.5 Å². The second-order valence-electron chi connectivity index (χ2n) is 7.12. The summed E-state index contributed by atoms with van der Waals surface area (Å²) in [6.07, 6.45) is 0. The topological polar surface area (TPSA) is 69.0 Å². The fourth-order valence-electron chi connectivity index (χ4n) is 3.24. The van der Waals surface area contributed by atoms with Crippen molar-refractivity contribution in [3.8, 4) is 22.8 Å². The first-order chi connectivity index (χ1) is 15.0. The summed E-state index contributed by atoms with van der Waals surface area (Å²) in [7, 11) is 1.61. The number of methoxy groups -OCH3 is 1. The molecule has 0 fully saturated rings. The number of nitrogens with zero attached hydrogens (tertiary/aromatic N) is 3. The molecule has 4 rings (SSSR count). The van der Waals surface area contributed by atoms with Crippen LogP contribution < -0.4 is 10.1 Å². The number of amides is 1. The van der Waals surface area contributed by atoms with Gasteiger partial charge in [0, 0.05) is 5.56 Å². The predicted octanol–water partition coefficient (Wildman–Crippen LogP) is 5.47. The maximum Gasteiger partial charge on any atom is 0.295 e. The largest absolute Gasteiger partial charge is 0.497 e. The number of para-hydroxylation sites is 1. The third-order valence-corrected chi connectivity index (χ3v) is 5.18. The lowest BCUT2D eigenvalue weighted by Gasteiger charge is -2.08. The molecule has 156 valence electrons. The summed E-state index contributed by atoms with van der Waals surface area (Å²) in [4.78, 5) is 17.5. The van der Waals surface area contributed by atoms with Gasteiger partial charge in [-0.25, -0.2) is 9.67 Å². The Hall–Kier alpha value is -3.64. The van der Waals surface area contributed by atoms with Gasteiger partial charge in [0.2, 0.25) is 5.82 Å². The highest BCUT2D eigenvalue weighted by molar-refractivity contribution is 6.34. The molecule has 1 amide bonds. The molecule has 0 saturated carbocycles. The van der Waals surface area contributed by atoms with Gasteiger partial charge >= 0.3 is 0 Å². The number of anilines is 1. The Morgan fingerprint density at radius 1 is 1.03 bits per heavy atom. The Morgan fingerprint density at radius 3 is 2.45 bits per heavy atom. The van der Waals surface area contributed by atoms with E-state index < -0.39 is 5.91 Å². The number of hydrogen-bond acceptors (Lipinski definition) is 4. The second kappa shape index (κ2) is 8.62.